The van der Waals surface area contributed by atoms with Crippen molar-refractivity contribution in [1.82, 2.24) is 4.98 Å². The Kier molecular flexibility index (Phi) is 5.70. The summed E-state index contributed by atoms with van der Waals surface area (Å²) in [5, 5.41) is 10.5. The summed E-state index contributed by atoms with van der Waals surface area (Å²) in [5.74, 6) is 0.751. The van der Waals surface area contributed by atoms with Crippen LogP contribution < -0.4 is 5.73 Å². The number of nitriles is 1. The molecule has 3 aromatic rings. The molecule has 0 amide bonds. The Hall–Kier alpha value is -2.54. The SMILES string of the molecule is CC(C)Cc1ccc(-c2cc(-c3c(Cl)cccc3Cl)c(C#N)c(N)n2)cc1. The van der Waals surface area contributed by atoms with Gasteiger partial charge in [0.15, 0.2) is 0 Å². The second-order valence-electron chi connectivity index (χ2n) is 6.82. The van der Waals surface area contributed by atoms with E-state index in [1.54, 1.807) is 18.2 Å². The molecule has 1 heterocycles. The van der Waals surface area contributed by atoms with Gasteiger partial charge in [-0.25, -0.2) is 4.98 Å². The number of halogens is 2. The van der Waals surface area contributed by atoms with Gasteiger partial charge in [0, 0.05) is 26.7 Å². The first-order valence-electron chi connectivity index (χ1n) is 8.65. The molecule has 2 N–H and O–H groups in total. The van der Waals surface area contributed by atoms with E-state index in [2.05, 4.69) is 37.0 Å². The molecule has 0 fully saturated rings. The summed E-state index contributed by atoms with van der Waals surface area (Å²) in [6.07, 6.45) is 1.02. The number of aromatic nitrogens is 1. The Bertz CT molecular complexity index is 999. The van der Waals surface area contributed by atoms with E-state index in [-0.39, 0.29) is 11.4 Å². The molecule has 5 heteroatoms. The third-order valence-corrected chi connectivity index (χ3v) is 4.91. The Morgan fingerprint density at radius 2 is 1.70 bits per heavy atom. The molecule has 0 bridgehead atoms. The van der Waals surface area contributed by atoms with Gasteiger partial charge in [0.2, 0.25) is 0 Å². The van der Waals surface area contributed by atoms with Crippen LogP contribution in [0.15, 0.2) is 48.5 Å². The minimum Gasteiger partial charge on any atom is -0.383 e. The lowest BCUT2D eigenvalue weighted by Gasteiger charge is -2.13. The number of hydrogen-bond donors (Lipinski definition) is 1. The number of hydrogen-bond acceptors (Lipinski definition) is 3. The van der Waals surface area contributed by atoms with Crippen LogP contribution in [0.25, 0.3) is 22.4 Å². The highest BCUT2D eigenvalue weighted by Gasteiger charge is 2.18. The van der Waals surface area contributed by atoms with Crippen LogP contribution in [0.4, 0.5) is 5.82 Å². The number of pyridine rings is 1. The third-order valence-electron chi connectivity index (χ3n) is 4.28. The Morgan fingerprint density at radius 3 is 2.26 bits per heavy atom. The molecule has 0 radical (unpaired) electrons. The monoisotopic (exact) mass is 395 g/mol. The number of benzene rings is 2. The minimum absolute atomic E-state index is 0.159. The summed E-state index contributed by atoms with van der Waals surface area (Å²) >= 11 is 12.7. The van der Waals surface area contributed by atoms with Crippen LogP contribution in [-0.4, -0.2) is 4.98 Å². The van der Waals surface area contributed by atoms with Crippen LogP contribution in [0.1, 0.15) is 25.0 Å². The molecular formula is C22H19Cl2N3. The van der Waals surface area contributed by atoms with Crippen molar-refractivity contribution < 1.29 is 0 Å². The van der Waals surface area contributed by atoms with Gasteiger partial charge in [-0.3, -0.25) is 0 Å². The molecule has 0 spiro atoms. The Morgan fingerprint density at radius 1 is 1.07 bits per heavy atom. The summed E-state index contributed by atoms with van der Waals surface area (Å²) in [5.41, 5.74) is 10.4. The van der Waals surface area contributed by atoms with E-state index in [0.29, 0.717) is 32.8 Å². The standard InChI is InChI=1S/C22H19Cl2N3/c1-13(2)10-14-6-8-15(9-7-14)20-11-16(17(12-25)22(26)27-20)21-18(23)4-3-5-19(21)24/h3-9,11,13H,10H2,1-2H3,(H2,26,27). The van der Waals surface area contributed by atoms with Gasteiger partial charge in [-0.15, -0.1) is 0 Å². The van der Waals surface area contributed by atoms with Crippen molar-refractivity contribution in [3.05, 3.63) is 69.7 Å². The third kappa shape index (κ3) is 4.08. The second kappa shape index (κ2) is 8.00. The van der Waals surface area contributed by atoms with E-state index in [1.165, 1.54) is 5.56 Å². The maximum atomic E-state index is 9.57. The lowest BCUT2D eigenvalue weighted by Crippen LogP contribution is -2.00. The van der Waals surface area contributed by atoms with E-state index in [1.807, 2.05) is 18.2 Å². The first-order chi connectivity index (χ1) is 12.9. The summed E-state index contributed by atoms with van der Waals surface area (Å²) in [6, 6.07) is 17.4. The highest BCUT2D eigenvalue weighted by atomic mass is 35.5. The summed E-state index contributed by atoms with van der Waals surface area (Å²) in [6.45, 7) is 4.38. The molecule has 0 aliphatic heterocycles. The van der Waals surface area contributed by atoms with Gasteiger partial charge < -0.3 is 5.73 Å². The molecular weight excluding hydrogens is 377 g/mol. The van der Waals surface area contributed by atoms with Crippen molar-refractivity contribution in [2.75, 3.05) is 5.73 Å². The van der Waals surface area contributed by atoms with Crippen molar-refractivity contribution in [2.24, 2.45) is 5.92 Å². The molecule has 0 aliphatic rings. The number of nitrogens with two attached hydrogens (primary N) is 1. The van der Waals surface area contributed by atoms with Gasteiger partial charge in [-0.05, 0) is 36.1 Å². The number of nitrogen functional groups attached to an aromatic ring is 1. The highest BCUT2D eigenvalue weighted by molar-refractivity contribution is 6.39. The van der Waals surface area contributed by atoms with Gasteiger partial charge in [-0.1, -0.05) is 67.4 Å². The van der Waals surface area contributed by atoms with Gasteiger partial charge >= 0.3 is 0 Å². The number of nitrogens with zero attached hydrogens (tertiary/aromatic N) is 2. The van der Waals surface area contributed by atoms with Crippen LogP contribution in [0.2, 0.25) is 10.0 Å². The number of rotatable bonds is 4. The summed E-state index contributed by atoms with van der Waals surface area (Å²) in [4.78, 5) is 4.42. The lowest BCUT2D eigenvalue weighted by atomic mass is 9.97. The van der Waals surface area contributed by atoms with Crippen molar-refractivity contribution in [3.63, 3.8) is 0 Å². The first-order valence-corrected chi connectivity index (χ1v) is 9.40. The molecule has 136 valence electrons. The first kappa shape index (κ1) is 19.2. The Balaban J connectivity index is 2.14. The fourth-order valence-corrected chi connectivity index (χ4v) is 3.67. The van der Waals surface area contributed by atoms with Gasteiger partial charge in [0.25, 0.3) is 0 Å². The topological polar surface area (TPSA) is 62.7 Å². The van der Waals surface area contributed by atoms with Crippen molar-refractivity contribution in [2.45, 2.75) is 20.3 Å². The predicted molar refractivity (Wildman–Crippen MR) is 113 cm³/mol. The van der Waals surface area contributed by atoms with E-state index in [4.69, 9.17) is 28.9 Å². The molecule has 3 rings (SSSR count). The van der Waals surface area contributed by atoms with E-state index in [0.717, 1.165) is 12.0 Å². The maximum Gasteiger partial charge on any atom is 0.142 e. The van der Waals surface area contributed by atoms with Crippen molar-refractivity contribution in [1.29, 1.82) is 5.26 Å². The van der Waals surface area contributed by atoms with E-state index >= 15 is 0 Å². The van der Waals surface area contributed by atoms with Crippen LogP contribution in [0.3, 0.4) is 0 Å². The number of anilines is 1. The zero-order valence-corrected chi connectivity index (χ0v) is 16.6. The zero-order chi connectivity index (χ0) is 19.6. The summed E-state index contributed by atoms with van der Waals surface area (Å²) < 4.78 is 0. The largest absolute Gasteiger partial charge is 0.383 e. The molecule has 0 unspecified atom stereocenters. The fraction of sp³-hybridized carbons (Fsp3) is 0.182. The molecule has 2 aromatic carbocycles. The molecule has 0 saturated carbocycles. The van der Waals surface area contributed by atoms with Crippen LogP contribution >= 0.6 is 23.2 Å². The van der Waals surface area contributed by atoms with Crippen molar-refractivity contribution in [3.8, 4) is 28.5 Å². The predicted octanol–water partition coefficient (Wildman–Crippen LogP) is 6.37. The highest BCUT2D eigenvalue weighted by Crippen LogP contribution is 2.39. The summed E-state index contributed by atoms with van der Waals surface area (Å²) in [7, 11) is 0. The van der Waals surface area contributed by atoms with Crippen molar-refractivity contribution >= 4 is 29.0 Å². The molecule has 0 saturated heterocycles. The van der Waals surface area contributed by atoms with Gasteiger partial charge in [0.1, 0.15) is 17.5 Å². The molecule has 0 aliphatic carbocycles. The average Bonchev–Trinajstić information content (AvgIpc) is 2.61. The van der Waals surface area contributed by atoms with Crippen LogP contribution in [0.5, 0.6) is 0 Å². The smallest absolute Gasteiger partial charge is 0.142 e. The fourth-order valence-electron chi connectivity index (χ4n) is 3.07. The van der Waals surface area contributed by atoms with E-state index in [9.17, 15) is 5.26 Å². The molecule has 3 nitrogen and oxygen atoms in total. The van der Waals surface area contributed by atoms with E-state index < -0.39 is 0 Å². The van der Waals surface area contributed by atoms with Crippen LogP contribution in [-0.2, 0) is 6.42 Å². The zero-order valence-electron chi connectivity index (χ0n) is 15.1. The second-order valence-corrected chi connectivity index (χ2v) is 7.63. The van der Waals surface area contributed by atoms with Gasteiger partial charge in [-0.2, -0.15) is 5.26 Å². The minimum atomic E-state index is 0.159. The van der Waals surface area contributed by atoms with Crippen LogP contribution in [0, 0.1) is 17.2 Å². The van der Waals surface area contributed by atoms with Gasteiger partial charge in [0.05, 0.1) is 5.69 Å². The maximum absolute atomic E-state index is 9.57. The molecule has 1 aromatic heterocycles. The quantitative estimate of drug-likeness (QED) is 0.557. The Labute approximate surface area is 169 Å². The normalized spacial score (nSPS) is 10.8. The average molecular weight is 396 g/mol. The lowest BCUT2D eigenvalue weighted by molar-refractivity contribution is 0.647. The molecule has 27 heavy (non-hydrogen) atoms. The molecule has 0 atom stereocenters.